The molecule has 2 N–H and O–H groups in total. The lowest BCUT2D eigenvalue weighted by molar-refractivity contribution is 0.515. The minimum atomic E-state index is -3.15. The highest BCUT2D eigenvalue weighted by molar-refractivity contribution is 7.91. The van der Waals surface area contributed by atoms with E-state index in [-0.39, 0.29) is 11.8 Å². The van der Waals surface area contributed by atoms with E-state index in [2.05, 4.69) is 0 Å². The Bertz CT molecular complexity index is 479. The first-order chi connectivity index (χ1) is 7.54. The lowest BCUT2D eigenvalue weighted by Gasteiger charge is -2.39. The normalized spacial score (nSPS) is 17.2. The van der Waals surface area contributed by atoms with E-state index in [4.69, 9.17) is 5.73 Å². The molecule has 0 radical (unpaired) electrons. The van der Waals surface area contributed by atoms with Crippen LogP contribution in [0.4, 0.5) is 5.69 Å². The Hall–Kier alpha value is -1.07. The van der Waals surface area contributed by atoms with Gasteiger partial charge in [-0.1, -0.05) is 19.1 Å². The molecular formula is C11H16N2O2S. The van der Waals surface area contributed by atoms with Crippen LogP contribution in [-0.4, -0.2) is 33.3 Å². The Balaban J connectivity index is 2.39. The van der Waals surface area contributed by atoms with Crippen molar-refractivity contribution in [3.05, 3.63) is 24.3 Å². The summed E-state index contributed by atoms with van der Waals surface area (Å²) in [7, 11) is -3.15. The van der Waals surface area contributed by atoms with E-state index in [0.717, 1.165) is 18.8 Å². The Morgan fingerprint density at radius 1 is 1.38 bits per heavy atom. The zero-order valence-electron chi connectivity index (χ0n) is 9.26. The number of para-hydroxylation sites is 1. The number of sulfone groups is 1. The van der Waals surface area contributed by atoms with E-state index in [1.165, 1.54) is 0 Å². The molecule has 2 rings (SSSR count). The van der Waals surface area contributed by atoms with Crippen LogP contribution in [0.2, 0.25) is 0 Å². The molecule has 0 saturated carbocycles. The highest BCUT2D eigenvalue weighted by Crippen LogP contribution is 2.28. The van der Waals surface area contributed by atoms with Crippen LogP contribution in [0.25, 0.3) is 0 Å². The average molecular weight is 240 g/mol. The van der Waals surface area contributed by atoms with E-state index in [0.29, 0.717) is 4.90 Å². The van der Waals surface area contributed by atoms with Crippen LogP contribution < -0.4 is 10.6 Å². The second-order valence-corrected chi connectivity index (χ2v) is 6.28. The third kappa shape index (κ3) is 1.92. The van der Waals surface area contributed by atoms with E-state index in [9.17, 15) is 8.42 Å². The highest BCUT2D eigenvalue weighted by atomic mass is 32.2. The second kappa shape index (κ2) is 4.07. The maximum atomic E-state index is 11.9. The van der Waals surface area contributed by atoms with Gasteiger partial charge in [0.2, 0.25) is 0 Å². The zero-order chi connectivity index (χ0) is 11.8. The summed E-state index contributed by atoms with van der Waals surface area (Å²) in [5.74, 6) is 0.129. The van der Waals surface area contributed by atoms with Crippen molar-refractivity contribution in [3.8, 4) is 0 Å². The summed E-state index contributed by atoms with van der Waals surface area (Å²) in [5, 5.41) is 0. The average Bonchev–Trinajstić information content (AvgIpc) is 2.25. The maximum Gasteiger partial charge on any atom is 0.180 e. The molecule has 0 atom stereocenters. The van der Waals surface area contributed by atoms with Gasteiger partial charge in [0.05, 0.1) is 16.3 Å². The molecule has 1 aliphatic rings. The van der Waals surface area contributed by atoms with Crippen molar-refractivity contribution in [1.29, 1.82) is 0 Å². The predicted molar refractivity (Wildman–Crippen MR) is 64.4 cm³/mol. The van der Waals surface area contributed by atoms with Gasteiger partial charge in [-0.3, -0.25) is 0 Å². The molecule has 16 heavy (non-hydrogen) atoms. The number of nitrogens with two attached hydrogens (primary N) is 1. The number of anilines is 1. The second-order valence-electron chi connectivity index (χ2n) is 4.04. The summed E-state index contributed by atoms with van der Waals surface area (Å²) in [6.45, 7) is 3.13. The van der Waals surface area contributed by atoms with Crippen molar-refractivity contribution < 1.29 is 8.42 Å². The van der Waals surface area contributed by atoms with Crippen LogP contribution in [0, 0.1) is 0 Å². The quantitative estimate of drug-likeness (QED) is 0.841. The van der Waals surface area contributed by atoms with Crippen molar-refractivity contribution >= 4 is 15.5 Å². The fraction of sp³-hybridized carbons (Fsp3) is 0.455. The van der Waals surface area contributed by atoms with Crippen LogP contribution >= 0.6 is 0 Å². The van der Waals surface area contributed by atoms with Crippen molar-refractivity contribution in [2.45, 2.75) is 17.9 Å². The molecule has 1 aliphatic heterocycles. The highest BCUT2D eigenvalue weighted by Gasteiger charge is 2.27. The van der Waals surface area contributed by atoms with Gasteiger partial charge in [-0.15, -0.1) is 0 Å². The Kier molecular flexibility index (Phi) is 2.90. The molecule has 1 aromatic carbocycles. The van der Waals surface area contributed by atoms with Gasteiger partial charge in [-0.05, 0) is 12.1 Å². The molecule has 88 valence electrons. The number of hydrogen-bond donors (Lipinski definition) is 1. The molecule has 5 heteroatoms. The number of benzene rings is 1. The first-order valence-corrected chi connectivity index (χ1v) is 7.02. The van der Waals surface area contributed by atoms with E-state index >= 15 is 0 Å². The molecule has 0 unspecified atom stereocenters. The minimum absolute atomic E-state index is 0.129. The molecule has 1 aromatic rings. The van der Waals surface area contributed by atoms with Gasteiger partial charge < -0.3 is 10.6 Å². The number of hydrogen-bond acceptors (Lipinski definition) is 4. The molecule has 0 aromatic heterocycles. The molecule has 1 fully saturated rings. The first-order valence-electron chi connectivity index (χ1n) is 5.37. The summed E-state index contributed by atoms with van der Waals surface area (Å²) >= 11 is 0. The van der Waals surface area contributed by atoms with Gasteiger partial charge in [-0.25, -0.2) is 8.42 Å². The Morgan fingerprint density at radius 2 is 2.00 bits per heavy atom. The van der Waals surface area contributed by atoms with Gasteiger partial charge in [0.25, 0.3) is 0 Å². The van der Waals surface area contributed by atoms with Crippen molar-refractivity contribution in [3.63, 3.8) is 0 Å². The fourth-order valence-electron chi connectivity index (χ4n) is 1.85. The molecule has 1 heterocycles. The van der Waals surface area contributed by atoms with Gasteiger partial charge in [0.15, 0.2) is 9.84 Å². The Labute approximate surface area is 96.0 Å². The molecule has 0 aliphatic carbocycles. The van der Waals surface area contributed by atoms with Gasteiger partial charge in [0, 0.05) is 19.1 Å². The smallest absolute Gasteiger partial charge is 0.180 e. The number of rotatable bonds is 3. The van der Waals surface area contributed by atoms with Crippen LogP contribution in [0.5, 0.6) is 0 Å². The SMILES string of the molecule is CCS(=O)(=O)c1ccccc1N1CC(N)C1. The largest absolute Gasteiger partial charge is 0.367 e. The summed E-state index contributed by atoms with van der Waals surface area (Å²) < 4.78 is 23.8. The maximum absolute atomic E-state index is 11.9. The van der Waals surface area contributed by atoms with Crippen molar-refractivity contribution in [2.24, 2.45) is 5.73 Å². The third-order valence-corrected chi connectivity index (χ3v) is 4.61. The molecule has 0 amide bonds. The fourth-order valence-corrected chi connectivity index (χ4v) is 2.96. The molecular weight excluding hydrogens is 224 g/mol. The van der Waals surface area contributed by atoms with Crippen LogP contribution in [0.1, 0.15) is 6.92 Å². The van der Waals surface area contributed by atoms with Gasteiger partial charge >= 0.3 is 0 Å². The topological polar surface area (TPSA) is 63.4 Å². The zero-order valence-corrected chi connectivity index (χ0v) is 10.1. The lowest BCUT2D eigenvalue weighted by Crippen LogP contribution is -2.56. The van der Waals surface area contributed by atoms with E-state index in [1.54, 1.807) is 19.1 Å². The van der Waals surface area contributed by atoms with Gasteiger partial charge in [-0.2, -0.15) is 0 Å². The van der Waals surface area contributed by atoms with Gasteiger partial charge in [0.1, 0.15) is 0 Å². The monoisotopic (exact) mass is 240 g/mol. The summed E-state index contributed by atoms with van der Waals surface area (Å²) in [6, 6.07) is 7.28. The molecule has 0 bridgehead atoms. The number of nitrogens with zero attached hydrogens (tertiary/aromatic N) is 1. The van der Waals surface area contributed by atoms with Crippen molar-refractivity contribution in [1.82, 2.24) is 0 Å². The van der Waals surface area contributed by atoms with E-state index in [1.807, 2.05) is 17.0 Å². The minimum Gasteiger partial charge on any atom is -0.367 e. The lowest BCUT2D eigenvalue weighted by atomic mass is 10.1. The standard InChI is InChI=1S/C11H16N2O2S/c1-2-16(14,15)11-6-4-3-5-10(11)13-7-9(12)8-13/h3-6,9H,2,7-8,12H2,1H3. The van der Waals surface area contributed by atoms with Crippen molar-refractivity contribution in [2.75, 3.05) is 23.7 Å². The summed E-state index contributed by atoms with van der Waals surface area (Å²) in [4.78, 5) is 2.43. The van der Waals surface area contributed by atoms with Crippen LogP contribution in [-0.2, 0) is 9.84 Å². The molecule has 4 nitrogen and oxygen atoms in total. The van der Waals surface area contributed by atoms with E-state index < -0.39 is 9.84 Å². The summed E-state index contributed by atoms with van der Waals surface area (Å²) in [5.41, 5.74) is 6.49. The molecule has 1 saturated heterocycles. The molecule has 0 spiro atoms. The van der Waals surface area contributed by atoms with Crippen LogP contribution in [0.15, 0.2) is 29.2 Å². The predicted octanol–water partition coefficient (Wildman–Crippen LogP) is 0.628. The first kappa shape index (κ1) is 11.4. The van der Waals surface area contributed by atoms with Crippen LogP contribution in [0.3, 0.4) is 0 Å². The Morgan fingerprint density at radius 3 is 2.56 bits per heavy atom. The summed E-state index contributed by atoms with van der Waals surface area (Å²) in [6.07, 6.45) is 0. The third-order valence-electron chi connectivity index (χ3n) is 2.83.